The van der Waals surface area contributed by atoms with E-state index in [1.54, 1.807) is 7.05 Å². The van der Waals surface area contributed by atoms with Crippen molar-refractivity contribution in [3.05, 3.63) is 0 Å². The molecule has 1 fully saturated rings. The average molecular weight is 262 g/mol. The van der Waals surface area contributed by atoms with Gasteiger partial charge in [0.05, 0.1) is 6.54 Å². The lowest BCUT2D eigenvalue weighted by atomic mass is 10.3. The van der Waals surface area contributed by atoms with Crippen molar-refractivity contribution in [2.24, 2.45) is 0 Å². The Balaban J connectivity index is 2.28. The van der Waals surface area contributed by atoms with E-state index in [1.165, 1.54) is 6.42 Å². The van der Waals surface area contributed by atoms with Gasteiger partial charge in [0.25, 0.3) is 0 Å². The Morgan fingerprint density at radius 3 is 2.33 bits per heavy atom. The van der Waals surface area contributed by atoms with Crippen LogP contribution >= 0.6 is 0 Å². The summed E-state index contributed by atoms with van der Waals surface area (Å²) in [6, 6.07) is 0.942. The molecule has 5 heteroatoms. The Kier molecular flexibility index (Phi) is 6.12. The number of hydrogen-bond acceptors (Lipinski definition) is 3. The zero-order valence-electron chi connectivity index (χ0n) is 11.7. The molecule has 1 aliphatic rings. The lowest BCUT2D eigenvalue weighted by molar-refractivity contribution is -0.124. The summed E-state index contributed by atoms with van der Waals surface area (Å²) in [4.78, 5) is 25.1. The molecule has 0 aliphatic carbocycles. The Hall–Kier alpha value is -1.10. The second-order valence-electron chi connectivity index (χ2n) is 5.07. The Morgan fingerprint density at radius 1 is 1.17 bits per heavy atom. The first-order valence-corrected chi connectivity index (χ1v) is 6.77. The van der Waals surface area contributed by atoms with Gasteiger partial charge in [-0.3, -0.25) is 14.5 Å². The number of amides is 2. The van der Waals surface area contributed by atoms with E-state index in [0.717, 1.165) is 12.8 Å². The maximum Gasteiger partial charge on any atom is 0.234 e. The summed E-state index contributed by atoms with van der Waals surface area (Å²) >= 11 is 0. The highest BCUT2D eigenvalue weighted by atomic mass is 16.2. The minimum Gasteiger partial charge on any atom is -0.359 e. The number of piperidine rings is 1. The van der Waals surface area contributed by atoms with Gasteiger partial charge in [0.2, 0.25) is 11.8 Å². The second kappa shape index (κ2) is 7.36. The van der Waals surface area contributed by atoms with Crippen molar-refractivity contribution in [2.75, 3.05) is 20.1 Å². The van der Waals surface area contributed by atoms with Crippen LogP contribution < -0.4 is 10.6 Å². The van der Waals surface area contributed by atoms with Crippen LogP contribution in [-0.4, -0.2) is 48.9 Å². The fraction of sp³-hybridized carbons (Fsp3) is 0.846. The highest BCUT2D eigenvalue weighted by molar-refractivity contribution is 5.80. The van der Waals surface area contributed by atoms with Crippen LogP contribution in [-0.2, 0) is 9.59 Å². The summed E-state index contributed by atoms with van der Waals surface area (Å²) < 4.78 is 0. The average Bonchev–Trinajstić information content (AvgIpc) is 2.34. The third-order valence-corrected chi connectivity index (χ3v) is 3.66. The van der Waals surface area contributed by atoms with E-state index < -0.39 is 0 Å². The number of nitrogens with one attached hydrogen (secondary N) is 2. The number of rotatable bonds is 5. The minimum absolute atomic E-state index is 0.0134. The van der Waals surface area contributed by atoms with Crippen molar-refractivity contribution < 1.29 is 9.59 Å². The molecule has 104 valence electrons. The van der Waals surface area contributed by atoms with Crippen LogP contribution in [0.25, 0.3) is 0 Å². The van der Waals surface area contributed by atoms with Gasteiger partial charge in [-0.15, -0.1) is 0 Å². The molecule has 0 saturated carbocycles. The normalized spacial score (nSPS) is 24.6. The van der Waals surface area contributed by atoms with E-state index in [9.17, 15) is 9.59 Å². The molecule has 5 nitrogen and oxygen atoms in total. The van der Waals surface area contributed by atoms with Crippen LogP contribution in [0, 0.1) is 0 Å². The zero-order chi connectivity index (χ0) is 13.5. The van der Waals surface area contributed by atoms with Gasteiger partial charge in [-0.25, -0.2) is 0 Å². The van der Waals surface area contributed by atoms with E-state index in [0.29, 0.717) is 31.6 Å². The van der Waals surface area contributed by atoms with E-state index in [4.69, 9.17) is 0 Å². The molecule has 0 aromatic heterocycles. The van der Waals surface area contributed by atoms with Crippen LogP contribution in [0.5, 0.6) is 0 Å². The molecule has 0 aromatic carbocycles. The molecular weight excluding hydrogens is 237 g/mol. The molecule has 0 spiro atoms. The third kappa shape index (κ3) is 4.64. The highest BCUT2D eigenvalue weighted by Gasteiger charge is 2.26. The zero-order valence-corrected chi connectivity index (χ0v) is 11.7. The third-order valence-electron chi connectivity index (χ3n) is 3.66. The maximum atomic E-state index is 11.8. The molecule has 2 N–H and O–H groups in total. The van der Waals surface area contributed by atoms with E-state index in [1.807, 2.05) is 0 Å². The quantitative estimate of drug-likeness (QED) is 0.560. The molecule has 2 unspecified atom stereocenters. The van der Waals surface area contributed by atoms with Gasteiger partial charge >= 0.3 is 0 Å². The maximum absolute atomic E-state index is 11.8. The van der Waals surface area contributed by atoms with Gasteiger partial charge in [0, 0.05) is 32.1 Å². The molecule has 0 radical (unpaired) electrons. The largest absolute Gasteiger partial charge is 0.359 e. The van der Waals surface area contributed by atoms with E-state index in [2.05, 4.69) is 29.4 Å². The number of likely N-dealkylation sites (tertiary alicyclic amines) is 1. The number of nitrogens with zero attached hydrogens (tertiary/aromatic N) is 1. The molecule has 0 bridgehead atoms. The van der Waals surface area contributed by atoms with Crippen molar-refractivity contribution in [1.82, 2.24) is 15.5 Å². The summed E-state index contributed by atoms with van der Waals surface area (Å²) in [6.45, 7) is 5.20. The van der Waals surface area contributed by atoms with Crippen LogP contribution in [0.1, 0.15) is 39.5 Å². The summed E-state index contributed by atoms with van der Waals surface area (Å²) in [7, 11) is 1.60. The van der Waals surface area contributed by atoms with Crippen LogP contribution in [0.15, 0.2) is 0 Å². The molecule has 1 saturated heterocycles. The molecule has 2 atom stereocenters. The monoisotopic (exact) mass is 262 g/mol. The SMILES string of the molecule is [13CH3][15NH]C(=O)CCNC(=O)C[15N]1[13CH]([13CH3])CCC[13CH]1[13CH3]. The lowest BCUT2D eigenvalue weighted by Gasteiger charge is -2.38. The Labute approximate surface area is 109 Å². The first-order chi connectivity index (χ1) is 8.54. The second-order valence-corrected chi connectivity index (χ2v) is 5.07. The first kappa shape index (κ1) is 15.0. The van der Waals surface area contributed by atoms with E-state index in [-0.39, 0.29) is 11.8 Å². The van der Waals surface area contributed by atoms with Gasteiger partial charge in [-0.2, -0.15) is 0 Å². The van der Waals surface area contributed by atoms with Crippen molar-refractivity contribution in [3.63, 3.8) is 0 Å². The fourth-order valence-corrected chi connectivity index (χ4v) is 2.45. The minimum atomic E-state index is -0.0463. The van der Waals surface area contributed by atoms with Gasteiger partial charge in [0.15, 0.2) is 0 Å². The molecule has 1 heterocycles. The predicted octanol–water partition coefficient (Wildman–Crippen LogP) is 0.502. The topological polar surface area (TPSA) is 61.4 Å². The van der Waals surface area contributed by atoms with Crippen molar-refractivity contribution in [2.45, 2.75) is 51.6 Å². The van der Waals surface area contributed by atoms with Gasteiger partial charge < -0.3 is 10.6 Å². The first-order valence-electron chi connectivity index (χ1n) is 6.77. The Bertz CT molecular complexity index is 284. The summed E-state index contributed by atoms with van der Waals surface area (Å²) in [5.41, 5.74) is 0. The van der Waals surface area contributed by atoms with Crippen molar-refractivity contribution in [1.29, 1.82) is 0 Å². The van der Waals surface area contributed by atoms with Crippen molar-refractivity contribution in [3.8, 4) is 0 Å². The summed E-state index contributed by atoms with van der Waals surface area (Å²) in [5.74, 6) is -0.0329. The summed E-state index contributed by atoms with van der Waals surface area (Å²) in [5, 5.41) is 5.33. The molecule has 2 amide bonds. The van der Waals surface area contributed by atoms with Crippen molar-refractivity contribution >= 4 is 11.8 Å². The molecular formula is C13H25N3O2. The van der Waals surface area contributed by atoms with Crippen LogP contribution in [0.3, 0.4) is 0 Å². The van der Waals surface area contributed by atoms with Crippen LogP contribution in [0.4, 0.5) is 0 Å². The highest BCUT2D eigenvalue weighted by Crippen LogP contribution is 2.21. The standard InChI is InChI=1S/C13H25N3O2/c1-10-5-4-6-11(2)16(10)9-13(18)15-8-7-12(17)14-3/h10-11H,4-9H2,1-3H3,(H,14,17)(H,15,18)/i1+1,2+1,3+1,10+1,11+1,14+1,16+1. The van der Waals surface area contributed by atoms with Gasteiger partial charge in [-0.1, -0.05) is 6.42 Å². The van der Waals surface area contributed by atoms with Gasteiger partial charge in [0.1, 0.15) is 0 Å². The smallest absolute Gasteiger partial charge is 0.234 e. The summed E-state index contributed by atoms with van der Waals surface area (Å²) in [6.07, 6.45) is 3.91. The Morgan fingerprint density at radius 2 is 1.78 bits per heavy atom. The molecule has 1 rings (SSSR count). The molecule has 1 aliphatic heterocycles. The predicted molar refractivity (Wildman–Crippen MR) is 71.2 cm³/mol. The molecule has 18 heavy (non-hydrogen) atoms. The fourth-order valence-electron chi connectivity index (χ4n) is 2.45. The van der Waals surface area contributed by atoms with E-state index >= 15 is 0 Å². The lowest BCUT2D eigenvalue weighted by Crippen LogP contribution is -2.48. The van der Waals surface area contributed by atoms with Crippen LogP contribution in [0.2, 0.25) is 0 Å². The van der Waals surface area contributed by atoms with Gasteiger partial charge in [-0.05, 0) is 26.7 Å². The number of carbonyl (C=O) groups is 2. The molecule has 0 aromatic rings. The number of carbonyl (C=O) groups excluding carboxylic acids is 2. The number of hydrogen-bond donors (Lipinski definition) is 2.